The summed E-state index contributed by atoms with van der Waals surface area (Å²) < 4.78 is 0. The lowest BCUT2D eigenvalue weighted by molar-refractivity contribution is -0.0996. The topological polar surface area (TPSA) is 35.7 Å². The van der Waals surface area contributed by atoms with Gasteiger partial charge in [0.1, 0.15) is 0 Å². The molecule has 0 amide bonds. The van der Waals surface area contributed by atoms with Crippen LogP contribution in [0.25, 0.3) is 0 Å². The number of likely N-dealkylation sites (N-methyl/N-ethyl adjacent to an activating group) is 1. The van der Waals surface area contributed by atoms with E-state index in [0.29, 0.717) is 6.04 Å². The van der Waals surface area contributed by atoms with Crippen molar-refractivity contribution in [3.05, 3.63) is 0 Å². The fraction of sp³-hybridized carbons (Fsp3) is 1.00. The Labute approximate surface area is 111 Å². The lowest BCUT2D eigenvalue weighted by Gasteiger charge is -2.60. The molecule has 2 bridgehead atoms. The Morgan fingerprint density at radius 3 is 2.39 bits per heavy atom. The standard InChI is InChI=1S/C14H28N4/c1-12-9-16(2)7-8-18(12)14(10-15)11-17-5-3-13(14)4-6-17/h12-13H,3-11,15H2,1-2H3. The van der Waals surface area contributed by atoms with Crippen LogP contribution in [0.4, 0.5) is 0 Å². The van der Waals surface area contributed by atoms with E-state index in [1.165, 1.54) is 52.1 Å². The molecule has 104 valence electrons. The predicted octanol–water partition coefficient (Wildman–Crippen LogP) is 0.0454. The second-order valence-electron chi connectivity index (χ2n) is 6.66. The zero-order valence-electron chi connectivity index (χ0n) is 11.9. The van der Waals surface area contributed by atoms with Gasteiger partial charge in [0, 0.05) is 44.3 Å². The minimum atomic E-state index is 0.275. The molecule has 0 aromatic carbocycles. The van der Waals surface area contributed by atoms with E-state index >= 15 is 0 Å². The molecule has 18 heavy (non-hydrogen) atoms. The van der Waals surface area contributed by atoms with E-state index in [4.69, 9.17) is 5.73 Å². The average molecular weight is 252 g/mol. The van der Waals surface area contributed by atoms with Crippen LogP contribution in [0.3, 0.4) is 0 Å². The summed E-state index contributed by atoms with van der Waals surface area (Å²) >= 11 is 0. The Hall–Kier alpha value is -0.160. The van der Waals surface area contributed by atoms with E-state index in [2.05, 4.69) is 28.7 Å². The minimum Gasteiger partial charge on any atom is -0.329 e. The van der Waals surface area contributed by atoms with E-state index in [0.717, 1.165) is 12.5 Å². The molecule has 0 aromatic rings. The van der Waals surface area contributed by atoms with E-state index in [1.54, 1.807) is 0 Å². The Morgan fingerprint density at radius 2 is 1.89 bits per heavy atom. The van der Waals surface area contributed by atoms with Crippen molar-refractivity contribution in [1.29, 1.82) is 0 Å². The molecule has 2 N–H and O–H groups in total. The van der Waals surface area contributed by atoms with Crippen LogP contribution < -0.4 is 5.73 Å². The summed E-state index contributed by atoms with van der Waals surface area (Å²) in [6.07, 6.45) is 2.71. The van der Waals surface area contributed by atoms with Gasteiger partial charge in [-0.15, -0.1) is 0 Å². The molecule has 2 unspecified atom stereocenters. The third-order valence-corrected chi connectivity index (χ3v) is 5.60. The second-order valence-corrected chi connectivity index (χ2v) is 6.66. The molecule has 0 aliphatic carbocycles. The maximum absolute atomic E-state index is 6.27. The van der Waals surface area contributed by atoms with E-state index in [9.17, 15) is 0 Å². The maximum atomic E-state index is 6.27. The van der Waals surface area contributed by atoms with Crippen LogP contribution in [0.2, 0.25) is 0 Å². The number of hydrogen-bond donors (Lipinski definition) is 1. The highest BCUT2D eigenvalue weighted by Gasteiger charge is 2.51. The van der Waals surface area contributed by atoms with Gasteiger partial charge < -0.3 is 15.5 Å². The molecule has 4 aliphatic rings. The number of hydrogen-bond acceptors (Lipinski definition) is 4. The summed E-state index contributed by atoms with van der Waals surface area (Å²) in [6, 6.07) is 0.646. The molecular formula is C14H28N4. The van der Waals surface area contributed by atoms with Gasteiger partial charge in [0.2, 0.25) is 0 Å². The van der Waals surface area contributed by atoms with Crippen molar-refractivity contribution in [1.82, 2.24) is 14.7 Å². The summed E-state index contributed by atoms with van der Waals surface area (Å²) in [5, 5.41) is 0. The first kappa shape index (κ1) is 12.9. The van der Waals surface area contributed by atoms with Gasteiger partial charge in [-0.1, -0.05) is 0 Å². The van der Waals surface area contributed by atoms with Crippen molar-refractivity contribution in [3.63, 3.8) is 0 Å². The van der Waals surface area contributed by atoms with Crippen molar-refractivity contribution < 1.29 is 0 Å². The summed E-state index contributed by atoms with van der Waals surface area (Å²) in [4.78, 5) is 7.84. The Balaban J connectivity index is 1.83. The monoisotopic (exact) mass is 252 g/mol. The van der Waals surface area contributed by atoms with Crippen molar-refractivity contribution in [3.8, 4) is 0 Å². The lowest BCUT2D eigenvalue weighted by Crippen LogP contribution is -2.73. The molecule has 4 saturated heterocycles. The number of nitrogens with two attached hydrogens (primary N) is 1. The number of fused-ring (bicyclic) bond motifs is 3. The van der Waals surface area contributed by atoms with Gasteiger partial charge in [0.25, 0.3) is 0 Å². The van der Waals surface area contributed by atoms with E-state index in [-0.39, 0.29) is 5.54 Å². The van der Waals surface area contributed by atoms with Crippen LogP contribution in [-0.2, 0) is 0 Å². The molecule has 4 heteroatoms. The van der Waals surface area contributed by atoms with E-state index < -0.39 is 0 Å². The van der Waals surface area contributed by atoms with Crippen LogP contribution in [0.15, 0.2) is 0 Å². The molecule has 0 aromatic heterocycles. The summed E-state index contributed by atoms with van der Waals surface area (Å²) in [6.45, 7) is 10.6. The Kier molecular flexibility index (Phi) is 3.39. The largest absolute Gasteiger partial charge is 0.329 e. The molecule has 4 nitrogen and oxygen atoms in total. The van der Waals surface area contributed by atoms with Crippen LogP contribution >= 0.6 is 0 Å². The third-order valence-electron chi connectivity index (χ3n) is 5.60. The smallest absolute Gasteiger partial charge is 0.0491 e. The highest BCUT2D eigenvalue weighted by atomic mass is 15.4. The number of nitrogens with zero attached hydrogens (tertiary/aromatic N) is 3. The predicted molar refractivity (Wildman–Crippen MR) is 74.6 cm³/mol. The molecule has 0 spiro atoms. The minimum absolute atomic E-state index is 0.275. The van der Waals surface area contributed by atoms with Gasteiger partial charge >= 0.3 is 0 Å². The molecule has 4 heterocycles. The first-order valence-electron chi connectivity index (χ1n) is 7.53. The average Bonchev–Trinajstić information content (AvgIpc) is 2.39. The fourth-order valence-electron chi connectivity index (χ4n) is 4.62. The molecular weight excluding hydrogens is 224 g/mol. The quantitative estimate of drug-likeness (QED) is 0.753. The maximum Gasteiger partial charge on any atom is 0.0491 e. The number of piperazine rings is 1. The Bertz CT molecular complexity index is 300. The molecule has 0 radical (unpaired) electrons. The van der Waals surface area contributed by atoms with Gasteiger partial charge in [-0.2, -0.15) is 0 Å². The van der Waals surface area contributed by atoms with Gasteiger partial charge in [-0.3, -0.25) is 4.90 Å². The van der Waals surface area contributed by atoms with Crippen LogP contribution in [0, 0.1) is 5.92 Å². The second kappa shape index (κ2) is 4.75. The van der Waals surface area contributed by atoms with Gasteiger partial charge in [-0.05, 0) is 45.8 Å². The zero-order chi connectivity index (χ0) is 12.8. The summed E-state index contributed by atoms with van der Waals surface area (Å²) in [5.74, 6) is 0.832. The summed E-state index contributed by atoms with van der Waals surface area (Å²) in [5.41, 5.74) is 6.55. The molecule has 4 rings (SSSR count). The normalized spacial score (nSPS) is 46.5. The van der Waals surface area contributed by atoms with Crippen molar-refractivity contribution >= 4 is 0 Å². The molecule has 4 fully saturated rings. The van der Waals surface area contributed by atoms with Gasteiger partial charge in [0.05, 0.1) is 0 Å². The number of rotatable bonds is 2. The fourth-order valence-corrected chi connectivity index (χ4v) is 4.62. The van der Waals surface area contributed by atoms with Crippen LogP contribution in [-0.4, -0.2) is 79.1 Å². The molecule has 2 atom stereocenters. The molecule has 4 aliphatic heterocycles. The van der Waals surface area contributed by atoms with Gasteiger partial charge in [-0.25, -0.2) is 0 Å². The first-order valence-corrected chi connectivity index (χ1v) is 7.53. The highest BCUT2D eigenvalue weighted by molar-refractivity contribution is 5.08. The molecule has 0 saturated carbocycles. The third kappa shape index (κ3) is 1.90. The van der Waals surface area contributed by atoms with Crippen molar-refractivity contribution in [2.45, 2.75) is 31.3 Å². The van der Waals surface area contributed by atoms with Gasteiger partial charge in [0.15, 0.2) is 0 Å². The Morgan fingerprint density at radius 1 is 1.17 bits per heavy atom. The van der Waals surface area contributed by atoms with Crippen molar-refractivity contribution in [2.75, 3.05) is 52.9 Å². The van der Waals surface area contributed by atoms with Crippen LogP contribution in [0.1, 0.15) is 19.8 Å². The van der Waals surface area contributed by atoms with Crippen LogP contribution in [0.5, 0.6) is 0 Å². The zero-order valence-corrected chi connectivity index (χ0v) is 11.9. The van der Waals surface area contributed by atoms with E-state index in [1.807, 2.05) is 0 Å². The summed E-state index contributed by atoms with van der Waals surface area (Å²) in [7, 11) is 2.24. The lowest BCUT2D eigenvalue weighted by atomic mass is 9.71. The van der Waals surface area contributed by atoms with Crippen molar-refractivity contribution in [2.24, 2.45) is 11.7 Å². The number of piperidine rings is 3. The highest BCUT2D eigenvalue weighted by Crippen LogP contribution is 2.40. The first-order chi connectivity index (χ1) is 8.65. The SMILES string of the molecule is CC1CN(C)CCN1C1(CN)CN2CCC1CC2.